The third kappa shape index (κ3) is 7.90. The second-order valence-corrected chi connectivity index (χ2v) is 6.55. The maximum Gasteiger partial charge on any atom is 0.125 e. The molecule has 1 aromatic carbocycles. The van der Waals surface area contributed by atoms with Crippen LogP contribution in [0.2, 0.25) is 0 Å². The van der Waals surface area contributed by atoms with Crippen LogP contribution in [0.1, 0.15) is 75.8 Å². The van der Waals surface area contributed by atoms with E-state index in [1.807, 2.05) is 6.92 Å². The Bertz CT molecular complexity index is 452. The Kier molecular flexibility index (Phi) is 11.1. The molecule has 0 radical (unpaired) electrons. The zero-order valence-corrected chi connectivity index (χ0v) is 16.2. The number of hydrogen-bond acceptors (Lipinski definition) is 2. The summed E-state index contributed by atoms with van der Waals surface area (Å²) in [5, 5.41) is 0. The van der Waals surface area contributed by atoms with Crippen molar-refractivity contribution in [2.24, 2.45) is 0 Å². The number of methoxy groups -OCH3 is 2. The molecule has 0 aromatic heterocycles. The standard InChI is InChI=1S/C22H36O2/c1-5-6-7-8-9-10-11-12-13-14-15-16-20-17-21(23-3)19(2)22(18-20)24-4/h8-9,17-18H,5-7,10-16H2,1-4H3. The van der Waals surface area contributed by atoms with Crippen LogP contribution in [0.5, 0.6) is 11.5 Å². The molecule has 0 aliphatic rings. The summed E-state index contributed by atoms with van der Waals surface area (Å²) in [5.41, 5.74) is 2.39. The molecular formula is C22H36O2. The van der Waals surface area contributed by atoms with E-state index < -0.39 is 0 Å². The molecule has 0 saturated carbocycles. The Morgan fingerprint density at radius 2 is 1.33 bits per heavy atom. The average molecular weight is 333 g/mol. The molecule has 24 heavy (non-hydrogen) atoms. The summed E-state index contributed by atoms with van der Waals surface area (Å²) in [6.07, 6.45) is 17.5. The number of unbranched alkanes of at least 4 members (excludes halogenated alkanes) is 7. The molecule has 0 amide bonds. The summed E-state index contributed by atoms with van der Waals surface area (Å²) in [6.45, 7) is 4.29. The summed E-state index contributed by atoms with van der Waals surface area (Å²) in [4.78, 5) is 0. The maximum absolute atomic E-state index is 5.45. The molecule has 0 saturated heterocycles. The molecule has 1 rings (SSSR count). The third-order valence-corrected chi connectivity index (χ3v) is 4.54. The SMILES string of the molecule is CCCCC=CCCCCCCCc1cc(OC)c(C)c(OC)c1. The Morgan fingerprint density at radius 3 is 1.92 bits per heavy atom. The van der Waals surface area contributed by atoms with Crippen LogP contribution in [-0.2, 0) is 6.42 Å². The topological polar surface area (TPSA) is 18.5 Å². The number of rotatable bonds is 13. The summed E-state index contributed by atoms with van der Waals surface area (Å²) in [6, 6.07) is 4.30. The molecule has 0 bridgehead atoms. The summed E-state index contributed by atoms with van der Waals surface area (Å²) >= 11 is 0. The van der Waals surface area contributed by atoms with Crippen molar-refractivity contribution in [2.75, 3.05) is 14.2 Å². The van der Waals surface area contributed by atoms with E-state index in [0.717, 1.165) is 23.5 Å². The van der Waals surface area contributed by atoms with E-state index in [9.17, 15) is 0 Å². The monoisotopic (exact) mass is 332 g/mol. The molecule has 0 atom stereocenters. The van der Waals surface area contributed by atoms with E-state index in [-0.39, 0.29) is 0 Å². The van der Waals surface area contributed by atoms with Crippen molar-refractivity contribution in [2.45, 2.75) is 78.1 Å². The van der Waals surface area contributed by atoms with Crippen molar-refractivity contribution < 1.29 is 9.47 Å². The van der Waals surface area contributed by atoms with E-state index in [1.54, 1.807) is 14.2 Å². The first-order valence-corrected chi connectivity index (χ1v) is 9.59. The Labute approximate surface area is 149 Å². The maximum atomic E-state index is 5.45. The highest BCUT2D eigenvalue weighted by molar-refractivity contribution is 5.47. The first-order chi connectivity index (χ1) is 11.7. The zero-order chi connectivity index (χ0) is 17.6. The molecule has 1 aromatic rings. The molecular weight excluding hydrogens is 296 g/mol. The first kappa shape index (κ1) is 20.6. The van der Waals surface area contributed by atoms with Crippen molar-refractivity contribution in [3.8, 4) is 11.5 Å². The quantitative estimate of drug-likeness (QED) is 0.298. The van der Waals surface area contributed by atoms with E-state index in [4.69, 9.17) is 9.47 Å². The molecule has 0 aliphatic carbocycles. The van der Waals surface area contributed by atoms with Gasteiger partial charge < -0.3 is 9.47 Å². The van der Waals surface area contributed by atoms with E-state index in [1.165, 1.54) is 63.4 Å². The molecule has 0 unspecified atom stereocenters. The second kappa shape index (κ2) is 12.9. The number of benzene rings is 1. The predicted octanol–water partition coefficient (Wildman–Crippen LogP) is 6.64. The van der Waals surface area contributed by atoms with Gasteiger partial charge in [0.15, 0.2) is 0 Å². The second-order valence-electron chi connectivity index (χ2n) is 6.55. The van der Waals surface area contributed by atoms with Gasteiger partial charge in [-0.25, -0.2) is 0 Å². The van der Waals surface area contributed by atoms with Gasteiger partial charge in [-0.05, 0) is 56.7 Å². The number of aryl methyl sites for hydroxylation is 1. The largest absolute Gasteiger partial charge is 0.496 e. The summed E-state index contributed by atoms with van der Waals surface area (Å²) in [5.74, 6) is 1.86. The van der Waals surface area contributed by atoms with Gasteiger partial charge >= 0.3 is 0 Å². The van der Waals surface area contributed by atoms with Crippen molar-refractivity contribution in [3.05, 3.63) is 35.4 Å². The minimum Gasteiger partial charge on any atom is -0.496 e. The summed E-state index contributed by atoms with van der Waals surface area (Å²) < 4.78 is 10.9. The van der Waals surface area contributed by atoms with E-state index >= 15 is 0 Å². The van der Waals surface area contributed by atoms with Gasteiger partial charge in [0, 0.05) is 5.56 Å². The van der Waals surface area contributed by atoms with Crippen LogP contribution >= 0.6 is 0 Å². The Hall–Kier alpha value is -1.44. The fraction of sp³-hybridized carbons (Fsp3) is 0.636. The molecule has 0 N–H and O–H groups in total. The van der Waals surface area contributed by atoms with Crippen molar-refractivity contribution >= 4 is 0 Å². The van der Waals surface area contributed by atoms with Crippen molar-refractivity contribution in [3.63, 3.8) is 0 Å². The Balaban J connectivity index is 2.18. The van der Waals surface area contributed by atoms with Gasteiger partial charge in [0.2, 0.25) is 0 Å². The minimum atomic E-state index is 0.930. The zero-order valence-electron chi connectivity index (χ0n) is 16.2. The van der Waals surface area contributed by atoms with Crippen LogP contribution in [-0.4, -0.2) is 14.2 Å². The lowest BCUT2D eigenvalue weighted by Crippen LogP contribution is -1.96. The van der Waals surface area contributed by atoms with Crippen LogP contribution in [0, 0.1) is 6.92 Å². The van der Waals surface area contributed by atoms with Crippen LogP contribution in [0.25, 0.3) is 0 Å². The molecule has 2 heteroatoms. The predicted molar refractivity (Wildman–Crippen MR) is 104 cm³/mol. The number of allylic oxidation sites excluding steroid dienone is 2. The molecule has 2 nitrogen and oxygen atoms in total. The third-order valence-electron chi connectivity index (χ3n) is 4.54. The lowest BCUT2D eigenvalue weighted by Gasteiger charge is -2.12. The van der Waals surface area contributed by atoms with Gasteiger partial charge in [-0.3, -0.25) is 0 Å². The number of ether oxygens (including phenoxy) is 2. The molecule has 0 spiro atoms. The number of hydrogen-bond donors (Lipinski definition) is 0. The van der Waals surface area contributed by atoms with E-state index in [0.29, 0.717) is 0 Å². The van der Waals surface area contributed by atoms with Gasteiger partial charge in [-0.2, -0.15) is 0 Å². The average Bonchev–Trinajstić information content (AvgIpc) is 2.60. The van der Waals surface area contributed by atoms with Gasteiger partial charge in [0.25, 0.3) is 0 Å². The minimum absolute atomic E-state index is 0.930. The molecule has 136 valence electrons. The molecule has 0 heterocycles. The van der Waals surface area contributed by atoms with Crippen LogP contribution < -0.4 is 9.47 Å². The van der Waals surface area contributed by atoms with Gasteiger partial charge in [0.1, 0.15) is 11.5 Å². The van der Waals surface area contributed by atoms with Crippen LogP contribution in [0.3, 0.4) is 0 Å². The smallest absolute Gasteiger partial charge is 0.125 e. The molecule has 0 fully saturated rings. The first-order valence-electron chi connectivity index (χ1n) is 9.59. The van der Waals surface area contributed by atoms with Gasteiger partial charge in [-0.1, -0.05) is 51.2 Å². The Morgan fingerprint density at radius 1 is 0.792 bits per heavy atom. The molecule has 0 aliphatic heterocycles. The highest BCUT2D eigenvalue weighted by Gasteiger charge is 2.08. The van der Waals surface area contributed by atoms with E-state index in [2.05, 4.69) is 31.2 Å². The highest BCUT2D eigenvalue weighted by Crippen LogP contribution is 2.30. The van der Waals surface area contributed by atoms with Crippen molar-refractivity contribution in [1.29, 1.82) is 0 Å². The lowest BCUT2D eigenvalue weighted by molar-refractivity contribution is 0.387. The van der Waals surface area contributed by atoms with Gasteiger partial charge in [0.05, 0.1) is 14.2 Å². The fourth-order valence-electron chi connectivity index (χ4n) is 2.96. The summed E-state index contributed by atoms with van der Waals surface area (Å²) in [7, 11) is 3.45. The highest BCUT2D eigenvalue weighted by atomic mass is 16.5. The fourth-order valence-corrected chi connectivity index (χ4v) is 2.96. The van der Waals surface area contributed by atoms with Crippen LogP contribution in [0.15, 0.2) is 24.3 Å². The van der Waals surface area contributed by atoms with Crippen LogP contribution in [0.4, 0.5) is 0 Å². The van der Waals surface area contributed by atoms with Crippen molar-refractivity contribution in [1.82, 2.24) is 0 Å². The normalized spacial score (nSPS) is 11.2. The van der Waals surface area contributed by atoms with Gasteiger partial charge in [-0.15, -0.1) is 0 Å². The lowest BCUT2D eigenvalue weighted by atomic mass is 10.0.